The number of aryl methyl sites for hydroxylation is 1. The lowest BCUT2D eigenvalue weighted by Gasteiger charge is -2.11. The molecule has 0 aliphatic heterocycles. The number of hydrogen-bond donors (Lipinski definition) is 1. The number of nitrogens with two attached hydrogens (primary N) is 1. The molecule has 0 bridgehead atoms. The van der Waals surface area contributed by atoms with Crippen molar-refractivity contribution in [3.05, 3.63) is 41.9 Å². The Labute approximate surface area is 144 Å². The molecule has 1 aromatic carbocycles. The first-order valence-electron chi connectivity index (χ1n) is 6.75. The fourth-order valence-corrected chi connectivity index (χ4v) is 3.15. The number of benzene rings is 1. The number of hydrogen-bond acceptors (Lipinski definition) is 5. The Bertz CT molecular complexity index is 1090. The molecule has 0 fully saturated rings. The lowest BCUT2D eigenvalue weighted by atomic mass is 10.1. The van der Waals surface area contributed by atoms with E-state index in [1.165, 1.54) is 24.4 Å². The maximum Gasteiger partial charge on any atom is 0.434 e. The van der Waals surface area contributed by atoms with Crippen molar-refractivity contribution >= 4 is 31.2 Å². The molecule has 0 aliphatic carbocycles. The summed E-state index contributed by atoms with van der Waals surface area (Å²) in [7, 11) is 1.34. The summed E-state index contributed by atoms with van der Waals surface area (Å²) in [4.78, 5) is 7.11. The molecule has 2 N–H and O–H groups in total. The minimum absolute atomic E-state index is 0.0292. The molecule has 2 heterocycles. The zero-order valence-electron chi connectivity index (χ0n) is 12.5. The predicted octanol–water partition coefficient (Wildman–Crippen LogP) is 3.23. The lowest BCUT2D eigenvalue weighted by Crippen LogP contribution is -2.12. The van der Waals surface area contributed by atoms with Gasteiger partial charge in [-0.2, -0.15) is 13.2 Å². The van der Waals surface area contributed by atoms with Crippen molar-refractivity contribution in [2.45, 2.75) is 18.0 Å². The summed E-state index contributed by atoms with van der Waals surface area (Å²) in [5.41, 5.74) is 5.62. The fourth-order valence-electron chi connectivity index (χ4n) is 2.38. The monoisotopic (exact) mass is 390 g/mol. The Morgan fingerprint density at radius 3 is 2.56 bits per heavy atom. The fraction of sp³-hybridized carbons (Fsp3) is 0.143. The first-order chi connectivity index (χ1) is 11.5. The van der Waals surface area contributed by atoms with E-state index in [0.717, 1.165) is 10.6 Å². The molecule has 11 heteroatoms. The number of fused-ring (bicyclic) bond motifs is 1. The van der Waals surface area contributed by atoms with Crippen LogP contribution >= 0.6 is 10.7 Å². The number of nitrogens with zero attached hydrogens (tertiary/aromatic N) is 3. The van der Waals surface area contributed by atoms with Crippen molar-refractivity contribution in [2.24, 2.45) is 0 Å². The third-order valence-corrected chi connectivity index (χ3v) is 4.93. The number of aromatic nitrogens is 3. The number of anilines is 1. The van der Waals surface area contributed by atoms with Crippen LogP contribution in [0.15, 0.2) is 35.5 Å². The van der Waals surface area contributed by atoms with Gasteiger partial charge in [-0.15, -0.1) is 0 Å². The maximum atomic E-state index is 13.0. The van der Waals surface area contributed by atoms with Crippen LogP contribution in [0.5, 0.6) is 0 Å². The van der Waals surface area contributed by atoms with Crippen LogP contribution in [0.1, 0.15) is 11.3 Å². The van der Waals surface area contributed by atoms with E-state index in [4.69, 9.17) is 16.4 Å². The minimum Gasteiger partial charge on any atom is -0.381 e. The van der Waals surface area contributed by atoms with Gasteiger partial charge >= 0.3 is 6.18 Å². The van der Waals surface area contributed by atoms with Gasteiger partial charge in [-0.05, 0) is 24.6 Å². The quantitative estimate of drug-likeness (QED) is 0.678. The van der Waals surface area contributed by atoms with Crippen molar-refractivity contribution in [1.82, 2.24) is 14.4 Å². The van der Waals surface area contributed by atoms with Crippen LogP contribution < -0.4 is 5.73 Å². The molecule has 0 saturated carbocycles. The predicted molar refractivity (Wildman–Crippen MR) is 85.6 cm³/mol. The highest BCUT2D eigenvalue weighted by Crippen LogP contribution is 2.33. The highest BCUT2D eigenvalue weighted by atomic mass is 35.7. The Morgan fingerprint density at radius 2 is 1.96 bits per heavy atom. The molecule has 0 unspecified atom stereocenters. The van der Waals surface area contributed by atoms with Gasteiger partial charge in [0.15, 0.2) is 17.2 Å². The zero-order valence-corrected chi connectivity index (χ0v) is 14.1. The average molecular weight is 391 g/mol. The normalized spacial score (nSPS) is 12.7. The van der Waals surface area contributed by atoms with Gasteiger partial charge in [-0.3, -0.25) is 4.40 Å². The largest absolute Gasteiger partial charge is 0.434 e. The zero-order chi connectivity index (χ0) is 18.6. The molecular weight excluding hydrogens is 381 g/mol. The Balaban J connectivity index is 2.32. The molecule has 3 rings (SSSR count). The third-order valence-electron chi connectivity index (χ3n) is 3.58. The van der Waals surface area contributed by atoms with E-state index in [1.54, 1.807) is 6.92 Å². The first-order valence-corrected chi connectivity index (χ1v) is 9.06. The van der Waals surface area contributed by atoms with Gasteiger partial charge < -0.3 is 5.73 Å². The number of rotatable bonds is 2. The van der Waals surface area contributed by atoms with Crippen LogP contribution in [0.25, 0.3) is 16.9 Å². The summed E-state index contributed by atoms with van der Waals surface area (Å²) in [6.45, 7) is 1.68. The van der Waals surface area contributed by atoms with Crippen LogP contribution in [0.2, 0.25) is 0 Å². The van der Waals surface area contributed by atoms with Crippen molar-refractivity contribution in [3.63, 3.8) is 0 Å². The lowest BCUT2D eigenvalue weighted by molar-refractivity contribution is -0.141. The second-order valence-corrected chi connectivity index (χ2v) is 7.83. The minimum atomic E-state index is -4.69. The van der Waals surface area contributed by atoms with Crippen LogP contribution in [-0.4, -0.2) is 22.8 Å². The van der Waals surface area contributed by atoms with Gasteiger partial charge in [-0.25, -0.2) is 18.4 Å². The summed E-state index contributed by atoms with van der Waals surface area (Å²) >= 11 is 0. The highest BCUT2D eigenvalue weighted by Gasteiger charge is 2.34. The molecule has 6 nitrogen and oxygen atoms in total. The van der Waals surface area contributed by atoms with Gasteiger partial charge in [0.25, 0.3) is 9.05 Å². The van der Waals surface area contributed by atoms with Gasteiger partial charge in [0.05, 0.1) is 16.8 Å². The van der Waals surface area contributed by atoms with Crippen molar-refractivity contribution in [1.29, 1.82) is 0 Å². The van der Waals surface area contributed by atoms with Crippen LogP contribution in [0.4, 0.5) is 19.0 Å². The smallest absolute Gasteiger partial charge is 0.381 e. The molecule has 0 radical (unpaired) electrons. The van der Waals surface area contributed by atoms with E-state index < -0.39 is 20.9 Å². The van der Waals surface area contributed by atoms with Gasteiger partial charge in [0, 0.05) is 22.4 Å². The maximum absolute atomic E-state index is 13.0. The molecule has 132 valence electrons. The molecule has 0 spiro atoms. The highest BCUT2D eigenvalue weighted by molar-refractivity contribution is 8.13. The van der Waals surface area contributed by atoms with Crippen LogP contribution in [-0.2, 0) is 15.2 Å². The van der Waals surface area contributed by atoms with Gasteiger partial charge in [0.2, 0.25) is 0 Å². The summed E-state index contributed by atoms with van der Waals surface area (Å²) in [6, 6.07) is 4.08. The van der Waals surface area contributed by atoms with Crippen molar-refractivity contribution < 1.29 is 21.6 Å². The second-order valence-electron chi connectivity index (χ2n) is 5.26. The molecule has 0 atom stereocenters. The summed E-state index contributed by atoms with van der Waals surface area (Å²) < 4.78 is 63.2. The summed E-state index contributed by atoms with van der Waals surface area (Å²) in [6.07, 6.45) is -2.64. The number of imidazole rings is 1. The summed E-state index contributed by atoms with van der Waals surface area (Å²) in [5, 5.41) is 0. The van der Waals surface area contributed by atoms with Crippen LogP contribution in [0, 0.1) is 6.92 Å². The van der Waals surface area contributed by atoms with E-state index in [9.17, 15) is 21.6 Å². The number of nitrogen functional groups attached to an aromatic ring is 1. The molecule has 0 aliphatic rings. The van der Waals surface area contributed by atoms with E-state index in [0.29, 0.717) is 11.1 Å². The van der Waals surface area contributed by atoms with E-state index in [-0.39, 0.29) is 22.1 Å². The molecule has 0 saturated heterocycles. The average Bonchev–Trinajstić information content (AvgIpc) is 2.90. The van der Waals surface area contributed by atoms with E-state index >= 15 is 0 Å². The Hall–Kier alpha value is -2.33. The van der Waals surface area contributed by atoms with Crippen molar-refractivity contribution in [3.8, 4) is 11.3 Å². The van der Waals surface area contributed by atoms with Crippen molar-refractivity contribution in [2.75, 3.05) is 5.73 Å². The second kappa shape index (κ2) is 5.60. The topological polar surface area (TPSA) is 90.3 Å². The SMILES string of the molecule is Cc1ccc(S(=O)(=O)Cl)cc1-c1cnc2c(N)nc(C(F)(F)F)cn12. The molecular formula is C14H10ClF3N4O2S. The third kappa shape index (κ3) is 3.14. The van der Waals surface area contributed by atoms with E-state index in [2.05, 4.69) is 9.97 Å². The van der Waals surface area contributed by atoms with Gasteiger partial charge in [0.1, 0.15) is 0 Å². The molecule has 3 aromatic rings. The first kappa shape index (κ1) is 17.5. The van der Waals surface area contributed by atoms with Crippen LogP contribution in [0.3, 0.4) is 0 Å². The Kier molecular flexibility index (Phi) is 3.92. The van der Waals surface area contributed by atoms with E-state index in [1.807, 2.05) is 0 Å². The number of halogens is 4. The molecule has 25 heavy (non-hydrogen) atoms. The summed E-state index contributed by atoms with van der Waals surface area (Å²) in [5.74, 6) is -0.389. The standard InChI is InChI=1S/C14H10ClF3N4O2S/c1-7-2-3-8(25(15,23)24)4-9(7)10-5-20-13-12(19)21-11(6-22(10)13)14(16,17)18/h2-6H,1H3,(H2,19,21). The molecule has 0 amide bonds. The number of alkyl halides is 3. The Morgan fingerprint density at radius 1 is 1.28 bits per heavy atom. The van der Waals surface area contributed by atoms with Gasteiger partial charge in [-0.1, -0.05) is 6.07 Å². The molecule has 2 aromatic heterocycles.